The van der Waals surface area contributed by atoms with Gasteiger partial charge in [-0.15, -0.1) is 0 Å². The van der Waals surface area contributed by atoms with Crippen molar-refractivity contribution in [3.63, 3.8) is 0 Å². The number of pyridine rings is 1. The highest BCUT2D eigenvalue weighted by Crippen LogP contribution is 2.33. The number of allylic oxidation sites excluding steroid dienone is 1. The maximum Gasteiger partial charge on any atom is 0.167 e. The highest BCUT2D eigenvalue weighted by molar-refractivity contribution is 6.30. The van der Waals surface area contributed by atoms with Gasteiger partial charge in [-0.3, -0.25) is 9.78 Å². The van der Waals surface area contributed by atoms with Gasteiger partial charge in [-0.05, 0) is 65.9 Å². The molecule has 5 rings (SSSR count). The number of ketones is 1. The van der Waals surface area contributed by atoms with E-state index in [1.807, 2.05) is 49.4 Å². The molecule has 0 saturated carbocycles. The molecule has 0 unspecified atom stereocenters. The molecule has 1 aliphatic carbocycles. The summed E-state index contributed by atoms with van der Waals surface area (Å²) in [7, 11) is 0. The Hall–Kier alpha value is -3.49. The minimum absolute atomic E-state index is 0.142. The quantitative estimate of drug-likeness (QED) is 0.275. The van der Waals surface area contributed by atoms with Gasteiger partial charge in [-0.2, -0.15) is 0 Å². The van der Waals surface area contributed by atoms with E-state index in [0.717, 1.165) is 51.5 Å². The number of aromatic nitrogens is 1. The van der Waals surface area contributed by atoms with Crippen LogP contribution in [0.1, 0.15) is 49.6 Å². The first-order chi connectivity index (χ1) is 16.5. The van der Waals surface area contributed by atoms with Gasteiger partial charge in [0.1, 0.15) is 0 Å². The Morgan fingerprint density at radius 3 is 2.65 bits per heavy atom. The van der Waals surface area contributed by atoms with Crippen LogP contribution in [0.5, 0.6) is 0 Å². The predicted octanol–water partition coefficient (Wildman–Crippen LogP) is 7.60. The molecule has 1 aliphatic rings. The van der Waals surface area contributed by atoms with Crippen molar-refractivity contribution < 1.29 is 4.79 Å². The summed E-state index contributed by atoms with van der Waals surface area (Å²) >= 11 is 6.29. The highest BCUT2D eigenvalue weighted by Gasteiger charge is 2.16. The second-order valence-electron chi connectivity index (χ2n) is 9.05. The molecule has 34 heavy (non-hydrogen) atoms. The summed E-state index contributed by atoms with van der Waals surface area (Å²) in [5, 5.41) is 0.730. The molecule has 0 fully saturated rings. The van der Waals surface area contributed by atoms with Crippen molar-refractivity contribution in [3.8, 4) is 11.1 Å². The summed E-state index contributed by atoms with van der Waals surface area (Å²) in [5.41, 5.74) is 10.9. The van der Waals surface area contributed by atoms with Crippen LogP contribution in [-0.2, 0) is 19.3 Å². The molecular weight excluding hydrogens is 438 g/mol. The Labute approximate surface area is 206 Å². The van der Waals surface area contributed by atoms with Gasteiger partial charge in [0.15, 0.2) is 5.78 Å². The van der Waals surface area contributed by atoms with Crippen LogP contribution in [0.2, 0.25) is 5.02 Å². The average molecular weight is 464 g/mol. The summed E-state index contributed by atoms with van der Waals surface area (Å²) < 4.78 is 0. The summed E-state index contributed by atoms with van der Waals surface area (Å²) in [4.78, 5) is 17.8. The summed E-state index contributed by atoms with van der Waals surface area (Å²) in [6.45, 7) is 4.13. The molecule has 3 heteroatoms. The number of halogens is 1. The number of carbonyl (C=O) groups excluding carboxylic acids is 1. The normalized spacial score (nSPS) is 12.1. The van der Waals surface area contributed by atoms with Gasteiger partial charge in [0, 0.05) is 41.1 Å². The number of rotatable bonds is 6. The first-order valence-electron chi connectivity index (χ1n) is 11.6. The van der Waals surface area contributed by atoms with Crippen LogP contribution < -0.4 is 0 Å². The number of aryl methyl sites for hydroxylation is 2. The average Bonchev–Trinajstić information content (AvgIpc) is 3.29. The lowest BCUT2D eigenvalue weighted by Crippen LogP contribution is -2.05. The maximum absolute atomic E-state index is 12.8. The fraction of sp³-hybridized carbons (Fsp3) is 0.161. The van der Waals surface area contributed by atoms with Crippen LogP contribution in [0.15, 0.2) is 78.9 Å². The summed E-state index contributed by atoms with van der Waals surface area (Å²) in [6.07, 6.45) is 6.29. The molecule has 4 aromatic rings. The van der Waals surface area contributed by atoms with E-state index in [9.17, 15) is 4.79 Å². The molecule has 3 aromatic carbocycles. The summed E-state index contributed by atoms with van der Waals surface area (Å²) in [5.74, 6) is 0.142. The third kappa shape index (κ3) is 4.73. The van der Waals surface area contributed by atoms with E-state index >= 15 is 0 Å². The molecule has 0 spiro atoms. The van der Waals surface area contributed by atoms with Crippen molar-refractivity contribution in [2.24, 2.45) is 0 Å². The number of hydrogen-bond acceptors (Lipinski definition) is 2. The van der Waals surface area contributed by atoms with E-state index < -0.39 is 0 Å². The van der Waals surface area contributed by atoms with Crippen molar-refractivity contribution >= 4 is 23.5 Å². The zero-order valence-electron chi connectivity index (χ0n) is 19.4. The standard InChI is InChI=1S/C31H26ClNO/c1-20-6-3-8-24(14-20)31(34)16-22-13-12-21(2)25(15-22)18-27-19-29(23-7-4-9-26(32)17-23)28-10-5-11-30(28)33-27/h3-10,12-15,17,19H,11,16,18H2,1-2H3. The van der Waals surface area contributed by atoms with E-state index in [-0.39, 0.29) is 5.78 Å². The number of benzene rings is 3. The molecule has 1 heterocycles. The van der Waals surface area contributed by atoms with Gasteiger partial charge >= 0.3 is 0 Å². The van der Waals surface area contributed by atoms with Crippen LogP contribution in [0.3, 0.4) is 0 Å². The topological polar surface area (TPSA) is 30.0 Å². The molecule has 0 bridgehead atoms. The number of fused-ring (bicyclic) bond motifs is 1. The molecular formula is C31H26ClNO. The number of nitrogens with zero attached hydrogens (tertiary/aromatic N) is 1. The van der Waals surface area contributed by atoms with E-state index in [0.29, 0.717) is 6.42 Å². The van der Waals surface area contributed by atoms with Gasteiger partial charge in [-0.25, -0.2) is 0 Å². The zero-order chi connectivity index (χ0) is 23.7. The van der Waals surface area contributed by atoms with Crippen molar-refractivity contribution in [1.82, 2.24) is 4.98 Å². The highest BCUT2D eigenvalue weighted by atomic mass is 35.5. The predicted molar refractivity (Wildman–Crippen MR) is 141 cm³/mol. The molecule has 0 atom stereocenters. The number of carbonyl (C=O) groups is 1. The largest absolute Gasteiger partial charge is 0.294 e. The monoisotopic (exact) mass is 463 g/mol. The molecule has 0 radical (unpaired) electrons. The van der Waals surface area contributed by atoms with E-state index in [4.69, 9.17) is 16.6 Å². The van der Waals surface area contributed by atoms with Crippen LogP contribution in [0.4, 0.5) is 0 Å². The lowest BCUT2D eigenvalue weighted by molar-refractivity contribution is 0.0993. The Morgan fingerprint density at radius 1 is 0.971 bits per heavy atom. The van der Waals surface area contributed by atoms with Crippen molar-refractivity contribution in [2.45, 2.75) is 33.1 Å². The molecule has 1 aromatic heterocycles. The molecule has 0 saturated heterocycles. The Bertz CT molecular complexity index is 1430. The van der Waals surface area contributed by atoms with Crippen LogP contribution in [0, 0.1) is 13.8 Å². The van der Waals surface area contributed by atoms with Crippen molar-refractivity contribution in [1.29, 1.82) is 0 Å². The van der Waals surface area contributed by atoms with Gasteiger partial charge in [0.25, 0.3) is 0 Å². The van der Waals surface area contributed by atoms with Crippen molar-refractivity contribution in [3.05, 3.63) is 129 Å². The Balaban J connectivity index is 1.45. The first kappa shape index (κ1) is 22.3. The van der Waals surface area contributed by atoms with Gasteiger partial charge in [0.2, 0.25) is 0 Å². The lowest BCUT2D eigenvalue weighted by Gasteiger charge is -2.13. The van der Waals surface area contributed by atoms with Crippen LogP contribution in [0.25, 0.3) is 17.2 Å². The van der Waals surface area contributed by atoms with Crippen LogP contribution in [-0.4, -0.2) is 10.8 Å². The second-order valence-corrected chi connectivity index (χ2v) is 9.48. The zero-order valence-corrected chi connectivity index (χ0v) is 20.2. The van der Waals surface area contributed by atoms with Gasteiger partial charge in [-0.1, -0.05) is 77.8 Å². The van der Waals surface area contributed by atoms with Crippen LogP contribution >= 0.6 is 11.6 Å². The lowest BCUT2D eigenvalue weighted by atomic mass is 9.94. The molecule has 168 valence electrons. The molecule has 0 amide bonds. The fourth-order valence-corrected chi connectivity index (χ4v) is 4.80. The minimum atomic E-state index is 0.142. The number of hydrogen-bond donors (Lipinski definition) is 0. The van der Waals surface area contributed by atoms with E-state index in [1.54, 1.807) is 0 Å². The second kappa shape index (κ2) is 9.40. The minimum Gasteiger partial charge on any atom is -0.294 e. The number of Topliss-reactive ketones (excluding diaryl/α,β-unsaturated/α-hetero) is 1. The summed E-state index contributed by atoms with van der Waals surface area (Å²) in [6, 6.07) is 24.3. The SMILES string of the molecule is Cc1cccc(C(=O)Cc2ccc(C)c(Cc3cc(-c4cccc(Cl)c4)c4c(n3)CC=C4)c2)c1. The molecule has 2 nitrogen and oxygen atoms in total. The van der Waals surface area contributed by atoms with Gasteiger partial charge in [0.05, 0.1) is 5.69 Å². The first-order valence-corrected chi connectivity index (χ1v) is 12.0. The Morgan fingerprint density at radius 2 is 1.82 bits per heavy atom. The van der Waals surface area contributed by atoms with Crippen molar-refractivity contribution in [2.75, 3.05) is 0 Å². The van der Waals surface area contributed by atoms with Gasteiger partial charge < -0.3 is 0 Å². The third-order valence-electron chi connectivity index (χ3n) is 6.41. The fourth-order valence-electron chi connectivity index (χ4n) is 4.61. The van der Waals surface area contributed by atoms with E-state index in [2.05, 4.69) is 49.4 Å². The molecule has 0 aliphatic heterocycles. The Kier molecular flexibility index (Phi) is 6.17. The maximum atomic E-state index is 12.8. The molecule has 0 N–H and O–H groups in total. The third-order valence-corrected chi connectivity index (χ3v) is 6.65. The smallest absolute Gasteiger partial charge is 0.167 e. The van der Waals surface area contributed by atoms with E-state index in [1.165, 1.54) is 22.3 Å².